The molecule has 0 aliphatic heterocycles. The summed E-state index contributed by atoms with van der Waals surface area (Å²) in [4.78, 5) is 29.7. The molecule has 1 aromatic carbocycles. The second kappa shape index (κ2) is 8.40. The average molecular weight is 474 g/mol. The summed E-state index contributed by atoms with van der Waals surface area (Å²) >= 11 is 0. The van der Waals surface area contributed by atoms with Gasteiger partial charge in [0.05, 0.1) is 11.6 Å². The molecule has 2 atom stereocenters. The van der Waals surface area contributed by atoms with E-state index in [-0.39, 0.29) is 41.1 Å². The molecule has 4 N–H and O–H groups in total. The van der Waals surface area contributed by atoms with Gasteiger partial charge >= 0.3 is 5.97 Å². The summed E-state index contributed by atoms with van der Waals surface area (Å²) in [7, 11) is 0. The first-order chi connectivity index (χ1) is 16.7. The van der Waals surface area contributed by atoms with E-state index < -0.39 is 11.5 Å². The number of aliphatic hydroxyl groups excluding tert-OH is 1. The number of aryl methyl sites for hydroxylation is 1. The number of nitriles is 1. The van der Waals surface area contributed by atoms with E-state index in [1.165, 1.54) is 10.5 Å². The third kappa shape index (κ3) is 3.80. The van der Waals surface area contributed by atoms with Gasteiger partial charge in [-0.15, -0.1) is 0 Å². The van der Waals surface area contributed by atoms with Gasteiger partial charge < -0.3 is 20.8 Å². The molecule has 9 heteroatoms. The predicted molar refractivity (Wildman–Crippen MR) is 131 cm³/mol. The van der Waals surface area contributed by atoms with Crippen molar-refractivity contribution in [3.05, 3.63) is 69.1 Å². The summed E-state index contributed by atoms with van der Waals surface area (Å²) < 4.78 is 1.39. The molecule has 0 saturated heterocycles. The lowest BCUT2D eigenvalue weighted by Gasteiger charge is -2.36. The maximum atomic E-state index is 13.3. The highest BCUT2D eigenvalue weighted by molar-refractivity contribution is 5.94. The molecule has 0 amide bonds. The number of hydrogen-bond donors (Lipinski definition) is 4. The smallest absolute Gasteiger partial charge is 0.337 e. The zero-order chi connectivity index (χ0) is 24.9. The van der Waals surface area contributed by atoms with Crippen molar-refractivity contribution >= 4 is 23.1 Å². The van der Waals surface area contributed by atoms with Gasteiger partial charge in [0.1, 0.15) is 11.7 Å². The van der Waals surface area contributed by atoms with Gasteiger partial charge in [-0.25, -0.2) is 9.78 Å². The monoisotopic (exact) mass is 473 g/mol. The molecule has 2 aromatic heterocycles. The number of nitrogens with zero attached hydrogens (tertiary/aromatic N) is 3. The topological polar surface area (TPSA) is 140 Å². The highest BCUT2D eigenvalue weighted by Gasteiger charge is 2.55. The highest BCUT2D eigenvalue weighted by atomic mass is 16.4. The number of para-hydroxylation sites is 1. The molecule has 0 radical (unpaired) electrons. The van der Waals surface area contributed by atoms with E-state index in [1.807, 2.05) is 26.0 Å². The number of benzene rings is 1. The first kappa shape index (κ1) is 22.9. The Morgan fingerprint density at radius 2 is 2.09 bits per heavy atom. The Morgan fingerprint density at radius 3 is 2.74 bits per heavy atom. The number of aromatic carboxylic acids is 1. The van der Waals surface area contributed by atoms with Crippen LogP contribution in [0.15, 0.2) is 41.3 Å². The molecule has 180 valence electrons. The number of fused-ring (bicyclic) bond motifs is 2. The lowest BCUT2D eigenvalue weighted by Crippen LogP contribution is -2.33. The zero-order valence-corrected chi connectivity index (χ0v) is 19.6. The molecule has 0 unspecified atom stereocenters. The minimum absolute atomic E-state index is 0.0435. The molecular formula is C26H27N5O4. The second-order valence-electron chi connectivity index (χ2n) is 9.92. The Labute approximate surface area is 202 Å². The fourth-order valence-electron chi connectivity index (χ4n) is 5.71. The van der Waals surface area contributed by atoms with Crippen LogP contribution in [0.4, 0.5) is 11.5 Å². The van der Waals surface area contributed by atoms with Crippen LogP contribution in [-0.2, 0) is 0 Å². The van der Waals surface area contributed by atoms with E-state index in [2.05, 4.69) is 10.6 Å². The lowest BCUT2D eigenvalue weighted by molar-refractivity contribution is 0.0557. The molecule has 2 bridgehead atoms. The second-order valence-corrected chi connectivity index (χ2v) is 9.92. The predicted octanol–water partition coefficient (Wildman–Crippen LogP) is 3.32. The van der Waals surface area contributed by atoms with Crippen molar-refractivity contribution in [3.63, 3.8) is 0 Å². The maximum Gasteiger partial charge on any atom is 0.337 e. The first-order valence-corrected chi connectivity index (χ1v) is 11.7. The number of aromatic nitrogens is 2. The van der Waals surface area contributed by atoms with Crippen LogP contribution in [0.5, 0.6) is 0 Å². The normalized spacial score (nSPS) is 23.4. The summed E-state index contributed by atoms with van der Waals surface area (Å²) in [5, 5.41) is 35.6. The number of aliphatic hydroxyl groups is 1. The molecule has 3 saturated carbocycles. The van der Waals surface area contributed by atoms with Crippen molar-refractivity contribution in [1.82, 2.24) is 9.38 Å². The lowest BCUT2D eigenvalue weighted by atomic mass is 9.70. The van der Waals surface area contributed by atoms with Gasteiger partial charge in [-0.1, -0.05) is 12.1 Å². The summed E-state index contributed by atoms with van der Waals surface area (Å²) in [6, 6.07) is 10.2. The van der Waals surface area contributed by atoms with Crippen LogP contribution >= 0.6 is 0 Å². The van der Waals surface area contributed by atoms with E-state index in [9.17, 15) is 25.1 Å². The van der Waals surface area contributed by atoms with Crippen LogP contribution in [0.3, 0.4) is 0 Å². The van der Waals surface area contributed by atoms with E-state index >= 15 is 0 Å². The Kier molecular flexibility index (Phi) is 5.49. The van der Waals surface area contributed by atoms with Crippen LogP contribution < -0.4 is 16.2 Å². The zero-order valence-electron chi connectivity index (χ0n) is 19.6. The van der Waals surface area contributed by atoms with Gasteiger partial charge in [-0.2, -0.15) is 5.26 Å². The van der Waals surface area contributed by atoms with Crippen molar-refractivity contribution in [1.29, 1.82) is 5.26 Å². The average Bonchev–Trinajstić information content (AvgIpc) is 3.34. The van der Waals surface area contributed by atoms with Crippen LogP contribution in [0.2, 0.25) is 0 Å². The van der Waals surface area contributed by atoms with E-state index in [0.717, 1.165) is 24.8 Å². The first-order valence-electron chi connectivity index (χ1n) is 11.7. The number of carboxylic acids is 1. The van der Waals surface area contributed by atoms with Gasteiger partial charge in [0.15, 0.2) is 11.4 Å². The van der Waals surface area contributed by atoms with Crippen molar-refractivity contribution in [2.75, 3.05) is 17.2 Å². The standard InChI is InChI=1S/C26H27N5O4/c1-14-7-18(15(2)28-20-6-4-3-5-17(20)25(34)35)23-30-22(19(11-27)24(33)31(23)12-14)29-21-10-26(13-32)8-16(21)9-26/h3-7,12,15-16,21,28-29,32H,8-10,13H2,1-2H3,(H,34,35)/t15-,16?,21-,26?/m1/s1. The third-order valence-electron chi connectivity index (χ3n) is 7.47. The molecule has 3 aromatic rings. The Bertz CT molecular complexity index is 1430. The number of rotatable bonds is 7. The fraction of sp³-hybridized carbons (Fsp3) is 0.385. The molecule has 9 nitrogen and oxygen atoms in total. The third-order valence-corrected chi connectivity index (χ3v) is 7.47. The number of anilines is 2. The molecule has 3 aliphatic rings. The molecule has 3 aliphatic carbocycles. The minimum Gasteiger partial charge on any atom is -0.478 e. The highest BCUT2D eigenvalue weighted by Crippen LogP contribution is 2.59. The fourth-order valence-corrected chi connectivity index (χ4v) is 5.71. The van der Waals surface area contributed by atoms with Gasteiger partial charge in [0.2, 0.25) is 0 Å². The minimum atomic E-state index is -1.04. The van der Waals surface area contributed by atoms with Gasteiger partial charge in [0.25, 0.3) is 5.56 Å². The maximum absolute atomic E-state index is 13.3. The van der Waals surface area contributed by atoms with Crippen LogP contribution in [0, 0.1) is 29.6 Å². The number of pyridine rings is 1. The Hall–Kier alpha value is -3.90. The molecule has 0 spiro atoms. The number of hydrogen-bond acceptors (Lipinski definition) is 7. The SMILES string of the molecule is Cc1cc([C@@H](C)Nc2ccccc2C(=O)O)c2nc(N[C@@H]3CC4(CO)CC3C4)c(C#N)c(=O)n2c1. The number of carbonyl (C=O) groups is 1. The van der Waals surface area contributed by atoms with Crippen molar-refractivity contribution in [3.8, 4) is 6.07 Å². The van der Waals surface area contributed by atoms with Crippen molar-refractivity contribution < 1.29 is 15.0 Å². The molecule has 6 rings (SSSR count). The molecule has 35 heavy (non-hydrogen) atoms. The summed E-state index contributed by atoms with van der Waals surface area (Å²) in [5.74, 6) is -0.393. The quantitative estimate of drug-likeness (QED) is 0.410. The van der Waals surface area contributed by atoms with Gasteiger partial charge in [0, 0.05) is 30.1 Å². The largest absolute Gasteiger partial charge is 0.478 e. The van der Waals surface area contributed by atoms with E-state index in [1.54, 1.807) is 24.4 Å². The van der Waals surface area contributed by atoms with Crippen molar-refractivity contribution in [2.24, 2.45) is 11.3 Å². The molecule has 2 heterocycles. The van der Waals surface area contributed by atoms with Gasteiger partial charge in [-0.05, 0) is 68.2 Å². The molecular weight excluding hydrogens is 446 g/mol. The number of nitrogens with one attached hydrogen (secondary N) is 2. The van der Waals surface area contributed by atoms with Gasteiger partial charge in [-0.3, -0.25) is 9.20 Å². The van der Waals surface area contributed by atoms with Crippen LogP contribution in [-0.4, -0.2) is 38.2 Å². The Morgan fingerprint density at radius 1 is 1.34 bits per heavy atom. The van der Waals surface area contributed by atoms with E-state index in [4.69, 9.17) is 4.98 Å². The van der Waals surface area contributed by atoms with Crippen molar-refractivity contribution in [2.45, 2.75) is 45.2 Å². The Balaban J connectivity index is 1.57. The van der Waals surface area contributed by atoms with E-state index in [0.29, 0.717) is 22.8 Å². The van der Waals surface area contributed by atoms with Crippen LogP contribution in [0.25, 0.3) is 5.65 Å². The summed E-state index contributed by atoms with van der Waals surface area (Å²) in [6.45, 7) is 3.87. The summed E-state index contributed by atoms with van der Waals surface area (Å²) in [5.41, 5.74) is 1.97. The number of carboxylic acid groups (broad SMARTS) is 1. The van der Waals surface area contributed by atoms with Crippen LogP contribution in [0.1, 0.15) is 59.3 Å². The molecule has 3 fully saturated rings. The summed E-state index contributed by atoms with van der Waals surface area (Å²) in [6.07, 6.45) is 4.31.